The zero-order chi connectivity index (χ0) is 29.8. The van der Waals surface area contributed by atoms with Crippen molar-refractivity contribution in [2.45, 2.75) is 46.6 Å². The smallest absolute Gasteiger partial charge is 0.744 e. The molecule has 1 aromatic carbocycles. The van der Waals surface area contributed by atoms with Crippen molar-refractivity contribution < 1.29 is 122 Å². The van der Waals surface area contributed by atoms with E-state index in [1.807, 2.05) is 0 Å². The molecule has 1 aromatic rings. The van der Waals surface area contributed by atoms with Crippen LogP contribution >= 0.6 is 0 Å². The Morgan fingerprint density at radius 2 is 0.974 bits per heavy atom. The molecular weight excluding hydrogens is 622 g/mol. The van der Waals surface area contributed by atoms with E-state index in [1.165, 1.54) is 0 Å². The van der Waals surface area contributed by atoms with Gasteiger partial charge >= 0.3 is 77.3 Å². The summed E-state index contributed by atoms with van der Waals surface area (Å²) in [5.41, 5.74) is 0. The maximum atomic E-state index is 13.6. The van der Waals surface area contributed by atoms with Gasteiger partial charge in [-0.25, -0.2) is 8.42 Å². The van der Waals surface area contributed by atoms with Gasteiger partial charge in [-0.2, -0.15) is 74.6 Å². The Morgan fingerprint density at radius 1 is 0.632 bits per heavy atom. The second-order valence-electron chi connectivity index (χ2n) is 6.56. The van der Waals surface area contributed by atoms with Crippen LogP contribution in [-0.2, 0) is 10.1 Å². The Balaban J connectivity index is 0.0000137. The Labute approximate surface area is 220 Å². The van der Waals surface area contributed by atoms with Crippen LogP contribution in [0, 0.1) is 0 Å². The van der Waals surface area contributed by atoms with Crippen LogP contribution in [-0.4, -0.2) is 54.7 Å². The van der Waals surface area contributed by atoms with E-state index in [4.69, 9.17) is 0 Å². The number of benzene rings is 1. The Bertz CT molecular complexity index is 1140. The van der Waals surface area contributed by atoms with Gasteiger partial charge in [0.15, 0.2) is 0 Å². The first-order valence-electron chi connectivity index (χ1n) is 8.15. The van der Waals surface area contributed by atoms with Crippen LogP contribution in [0.4, 0.5) is 74.6 Å². The second kappa shape index (κ2) is 10.5. The first-order chi connectivity index (χ1) is 16.0. The van der Waals surface area contributed by atoms with Crippen molar-refractivity contribution in [1.82, 2.24) is 0 Å². The topological polar surface area (TPSA) is 66.4 Å². The van der Waals surface area contributed by atoms with Crippen molar-refractivity contribution in [3.05, 3.63) is 36.1 Å². The molecule has 0 aliphatic carbocycles. The molecule has 0 aliphatic rings. The standard InChI is InChI=1S/C15H5F17O4S.Na/c16-7(8(17)36-5-1-3-6(4-2-5)37(33,34)35)9(18,19)10(20,21)11(22,23)12(24,25)13(26,27)14(28,29)15(30,31)32;/h1-4H,(H,33,34,35);/q;+1/p-1/b8-7-;. The minimum atomic E-state index is -8.71. The number of hydrogen-bond acceptors (Lipinski definition) is 4. The van der Waals surface area contributed by atoms with Gasteiger partial charge in [-0.3, -0.25) is 0 Å². The van der Waals surface area contributed by atoms with E-state index < -0.39 is 74.3 Å². The van der Waals surface area contributed by atoms with E-state index in [1.54, 1.807) is 0 Å². The van der Waals surface area contributed by atoms with E-state index in [0.29, 0.717) is 0 Å². The summed E-state index contributed by atoms with van der Waals surface area (Å²) in [5, 5.41) is 0. The zero-order valence-corrected chi connectivity index (χ0v) is 20.1. The molecule has 1 rings (SSSR count). The van der Waals surface area contributed by atoms with Crippen LogP contribution in [0.3, 0.4) is 0 Å². The number of allylic oxidation sites excluding steroid dienone is 1. The summed E-state index contributed by atoms with van der Waals surface area (Å²) in [6, 6.07) is -3.04. The van der Waals surface area contributed by atoms with E-state index in [2.05, 4.69) is 4.74 Å². The molecule has 0 aliphatic heterocycles. The molecule has 214 valence electrons. The number of halogens is 17. The third kappa shape index (κ3) is 5.68. The molecule has 0 fully saturated rings. The summed E-state index contributed by atoms with van der Waals surface area (Å²) >= 11 is 0. The molecule has 0 amide bonds. The maximum Gasteiger partial charge on any atom is 1.00 e. The van der Waals surface area contributed by atoms with Crippen molar-refractivity contribution in [2.24, 2.45) is 0 Å². The quantitative estimate of drug-likeness (QED) is 0.183. The van der Waals surface area contributed by atoms with Gasteiger partial charge < -0.3 is 9.29 Å². The maximum absolute atomic E-state index is 13.6. The first-order valence-corrected chi connectivity index (χ1v) is 9.55. The molecule has 0 N–H and O–H groups in total. The summed E-state index contributed by atoms with van der Waals surface area (Å²) in [4.78, 5) is -1.14. The number of alkyl halides is 15. The summed E-state index contributed by atoms with van der Waals surface area (Å²) < 4.78 is 258. The van der Waals surface area contributed by atoms with Crippen LogP contribution in [0.2, 0.25) is 0 Å². The molecule has 0 saturated heterocycles. The predicted molar refractivity (Wildman–Crippen MR) is 80.0 cm³/mol. The van der Waals surface area contributed by atoms with Crippen LogP contribution < -0.4 is 34.3 Å². The fourth-order valence-electron chi connectivity index (χ4n) is 2.05. The molecule has 0 heterocycles. The van der Waals surface area contributed by atoms with Crippen molar-refractivity contribution in [2.75, 3.05) is 0 Å². The second-order valence-corrected chi connectivity index (χ2v) is 7.94. The fourth-order valence-corrected chi connectivity index (χ4v) is 2.52. The van der Waals surface area contributed by atoms with E-state index in [9.17, 15) is 87.6 Å². The summed E-state index contributed by atoms with van der Waals surface area (Å²) in [5.74, 6) is -56.2. The van der Waals surface area contributed by atoms with Gasteiger partial charge in [0.05, 0.1) is 4.90 Å². The van der Waals surface area contributed by atoms with Crippen molar-refractivity contribution in [3.63, 3.8) is 0 Å². The molecule has 0 radical (unpaired) electrons. The third-order valence-corrected chi connectivity index (χ3v) is 4.95. The number of rotatable bonds is 9. The number of hydrogen-bond donors (Lipinski definition) is 0. The third-order valence-electron chi connectivity index (χ3n) is 4.10. The first kappa shape index (κ1) is 36.5. The minimum absolute atomic E-state index is 0. The molecule has 4 nitrogen and oxygen atoms in total. The molecule has 0 saturated carbocycles. The Hall–Kier alpha value is -1.52. The zero-order valence-electron chi connectivity index (χ0n) is 17.3. The molecule has 0 atom stereocenters. The van der Waals surface area contributed by atoms with Gasteiger partial charge in [0.1, 0.15) is 15.9 Å². The molecule has 23 heteroatoms. The van der Waals surface area contributed by atoms with Gasteiger partial charge in [-0.1, -0.05) is 0 Å². The fraction of sp³-hybridized carbons (Fsp3) is 0.467. The summed E-state index contributed by atoms with van der Waals surface area (Å²) in [7, 11) is -5.21. The molecular formula is C15H4F17NaO4S. The van der Waals surface area contributed by atoms with Gasteiger partial charge in [0.2, 0.25) is 5.83 Å². The molecule has 0 spiro atoms. The molecule has 0 unspecified atom stereocenters. The van der Waals surface area contributed by atoms with Crippen molar-refractivity contribution >= 4 is 10.1 Å². The van der Waals surface area contributed by atoms with Crippen LogP contribution in [0.1, 0.15) is 0 Å². The SMILES string of the molecule is O=S(=O)([O-])c1ccc(O/C(F)=C(\F)C(F)(F)C(F)(F)C(F)(F)C(F)(F)C(F)(F)C(F)(F)C(F)(F)F)cc1.[Na+]. The van der Waals surface area contributed by atoms with Crippen LogP contribution in [0.15, 0.2) is 41.0 Å². The van der Waals surface area contributed by atoms with E-state index in [0.717, 1.165) is 0 Å². The Morgan fingerprint density at radius 3 is 1.32 bits per heavy atom. The monoisotopic (exact) mass is 626 g/mol. The van der Waals surface area contributed by atoms with Gasteiger partial charge in [0.25, 0.3) is 0 Å². The summed E-state index contributed by atoms with van der Waals surface area (Å²) in [6.07, 6.45) is -7.83. The predicted octanol–water partition coefficient (Wildman–Crippen LogP) is 3.46. The van der Waals surface area contributed by atoms with Gasteiger partial charge in [-0.05, 0) is 24.3 Å². The molecule has 0 aromatic heterocycles. The molecule has 38 heavy (non-hydrogen) atoms. The van der Waals surface area contributed by atoms with Crippen LogP contribution in [0.25, 0.3) is 0 Å². The van der Waals surface area contributed by atoms with E-state index >= 15 is 0 Å². The Kier molecular flexibility index (Phi) is 10.0. The van der Waals surface area contributed by atoms with Crippen molar-refractivity contribution in [3.8, 4) is 5.75 Å². The molecule has 0 bridgehead atoms. The number of ether oxygens (including phenoxy) is 1. The normalized spacial score (nSPS) is 15.5. The van der Waals surface area contributed by atoms with Crippen LogP contribution in [0.5, 0.6) is 5.75 Å². The minimum Gasteiger partial charge on any atom is -0.744 e. The van der Waals surface area contributed by atoms with Gasteiger partial charge in [0, 0.05) is 0 Å². The average molecular weight is 626 g/mol. The largest absolute Gasteiger partial charge is 1.00 e. The van der Waals surface area contributed by atoms with Crippen molar-refractivity contribution in [1.29, 1.82) is 0 Å². The van der Waals surface area contributed by atoms with Gasteiger partial charge in [-0.15, -0.1) is 0 Å². The average Bonchev–Trinajstić information content (AvgIpc) is 2.71. The van der Waals surface area contributed by atoms with E-state index in [-0.39, 0.29) is 53.8 Å². The summed E-state index contributed by atoms with van der Waals surface area (Å²) in [6.45, 7) is 0.